The van der Waals surface area contributed by atoms with Crippen LogP contribution in [0.3, 0.4) is 0 Å². The second kappa shape index (κ2) is 5.54. The van der Waals surface area contributed by atoms with Crippen LogP contribution in [0.1, 0.15) is 5.69 Å². The highest BCUT2D eigenvalue weighted by Crippen LogP contribution is 2.28. The lowest BCUT2D eigenvalue weighted by Gasteiger charge is -2.09. The van der Waals surface area contributed by atoms with Gasteiger partial charge in [-0.2, -0.15) is 0 Å². The lowest BCUT2D eigenvalue weighted by Crippen LogP contribution is -2.13. The van der Waals surface area contributed by atoms with Gasteiger partial charge in [0.2, 0.25) is 5.95 Å². The number of thiocarbonyl (C=S) groups is 1. The number of nitrogens with two attached hydrogens (primary N) is 1. The average Bonchev–Trinajstić information content (AvgIpc) is 2.34. The number of benzene rings is 1. The summed E-state index contributed by atoms with van der Waals surface area (Å²) in [7, 11) is 0. The van der Waals surface area contributed by atoms with E-state index in [-0.39, 0.29) is 21.1 Å². The van der Waals surface area contributed by atoms with Crippen LogP contribution in [-0.2, 0) is 0 Å². The van der Waals surface area contributed by atoms with Crippen LogP contribution >= 0.6 is 28.1 Å². The minimum Gasteiger partial charge on any atom is -0.388 e. The summed E-state index contributed by atoms with van der Waals surface area (Å²) < 4.78 is 26.8. The van der Waals surface area contributed by atoms with Gasteiger partial charge in [-0.05, 0) is 28.1 Å². The summed E-state index contributed by atoms with van der Waals surface area (Å²) >= 11 is 7.84. The number of rotatable bonds is 3. The number of hydrogen-bond acceptors (Lipinski definition) is 4. The Hall–Kier alpha value is -1.67. The Kier molecular flexibility index (Phi) is 4.01. The molecule has 0 amide bonds. The fourth-order valence-electron chi connectivity index (χ4n) is 1.33. The van der Waals surface area contributed by atoms with Crippen LogP contribution < -0.4 is 11.1 Å². The second-order valence-corrected chi connectivity index (χ2v) is 4.79. The number of nitrogens with zero attached hydrogens (tertiary/aromatic N) is 2. The van der Waals surface area contributed by atoms with Gasteiger partial charge in [0.15, 0.2) is 5.82 Å². The molecule has 0 bridgehead atoms. The van der Waals surface area contributed by atoms with Crippen molar-refractivity contribution in [3.05, 3.63) is 46.2 Å². The Morgan fingerprint density at radius 2 is 2.11 bits per heavy atom. The number of hydrogen-bond donors (Lipinski definition) is 2. The SMILES string of the molecule is NC(=S)c1ccnc(Nc2c(F)cc(F)cc2Br)n1. The molecule has 3 N–H and O–H groups in total. The Bertz CT molecular complexity index is 627. The first-order valence-corrected chi connectivity index (χ1v) is 6.22. The Balaban J connectivity index is 2.36. The maximum atomic E-state index is 13.6. The van der Waals surface area contributed by atoms with Gasteiger partial charge in [0, 0.05) is 16.7 Å². The van der Waals surface area contributed by atoms with Gasteiger partial charge in [-0.1, -0.05) is 12.2 Å². The average molecular weight is 345 g/mol. The molecule has 98 valence electrons. The first-order valence-electron chi connectivity index (χ1n) is 5.02. The first-order chi connectivity index (χ1) is 8.97. The molecule has 0 spiro atoms. The Morgan fingerprint density at radius 3 is 2.74 bits per heavy atom. The van der Waals surface area contributed by atoms with Crippen molar-refractivity contribution in [3.8, 4) is 0 Å². The van der Waals surface area contributed by atoms with E-state index in [0.29, 0.717) is 5.69 Å². The summed E-state index contributed by atoms with van der Waals surface area (Å²) in [6.07, 6.45) is 1.43. The topological polar surface area (TPSA) is 63.8 Å². The molecule has 0 atom stereocenters. The molecular formula is C11H7BrF2N4S. The molecule has 1 aromatic carbocycles. The molecule has 4 nitrogen and oxygen atoms in total. The van der Waals surface area contributed by atoms with Crippen molar-refractivity contribution in [3.63, 3.8) is 0 Å². The van der Waals surface area contributed by atoms with Crippen molar-refractivity contribution < 1.29 is 8.78 Å². The zero-order chi connectivity index (χ0) is 14.0. The molecule has 0 radical (unpaired) electrons. The largest absolute Gasteiger partial charge is 0.388 e. The summed E-state index contributed by atoms with van der Waals surface area (Å²) in [6.45, 7) is 0. The highest BCUT2D eigenvalue weighted by Gasteiger charge is 2.11. The lowest BCUT2D eigenvalue weighted by molar-refractivity contribution is 0.584. The van der Waals surface area contributed by atoms with Gasteiger partial charge in [-0.3, -0.25) is 0 Å². The first kappa shape index (κ1) is 13.8. The molecule has 1 aromatic heterocycles. The van der Waals surface area contributed by atoms with E-state index in [9.17, 15) is 8.78 Å². The van der Waals surface area contributed by atoms with Gasteiger partial charge in [-0.25, -0.2) is 18.7 Å². The van der Waals surface area contributed by atoms with E-state index in [1.807, 2.05) is 0 Å². The highest BCUT2D eigenvalue weighted by atomic mass is 79.9. The standard InChI is InChI=1S/C11H7BrF2N4S/c12-6-3-5(13)4-7(14)9(6)18-11-16-2-1-8(17-11)10(15)19/h1-4H,(H2,15,19)(H,16,17,18). The number of aromatic nitrogens is 2. The van der Waals surface area contributed by atoms with Crippen LogP contribution in [0.4, 0.5) is 20.4 Å². The van der Waals surface area contributed by atoms with Gasteiger partial charge in [0.05, 0.1) is 5.69 Å². The van der Waals surface area contributed by atoms with Gasteiger partial charge in [0.25, 0.3) is 0 Å². The van der Waals surface area contributed by atoms with Crippen LogP contribution in [0.25, 0.3) is 0 Å². The molecule has 0 saturated carbocycles. The third kappa shape index (κ3) is 3.21. The van der Waals surface area contributed by atoms with Crippen molar-refractivity contribution in [2.45, 2.75) is 0 Å². The van der Waals surface area contributed by atoms with E-state index in [1.165, 1.54) is 12.3 Å². The quantitative estimate of drug-likeness (QED) is 0.838. The minimum absolute atomic E-state index is 0.0292. The predicted molar refractivity (Wildman–Crippen MR) is 75.3 cm³/mol. The Labute approximate surface area is 121 Å². The third-order valence-electron chi connectivity index (χ3n) is 2.15. The van der Waals surface area contributed by atoms with Gasteiger partial charge < -0.3 is 11.1 Å². The maximum Gasteiger partial charge on any atom is 0.227 e. The molecule has 19 heavy (non-hydrogen) atoms. The Morgan fingerprint density at radius 1 is 1.37 bits per heavy atom. The fourth-order valence-corrected chi connectivity index (χ4v) is 1.95. The van der Waals surface area contributed by atoms with Crippen molar-refractivity contribution in [1.29, 1.82) is 0 Å². The van der Waals surface area contributed by atoms with Crippen molar-refractivity contribution in [2.24, 2.45) is 5.73 Å². The molecule has 0 aliphatic rings. The molecule has 2 rings (SSSR count). The van der Waals surface area contributed by atoms with E-state index >= 15 is 0 Å². The summed E-state index contributed by atoms with van der Waals surface area (Å²) in [6, 6.07) is 3.41. The predicted octanol–water partition coefficient (Wildman–Crippen LogP) is 2.90. The fraction of sp³-hybridized carbons (Fsp3) is 0. The van der Waals surface area contributed by atoms with Crippen molar-refractivity contribution >= 4 is 44.8 Å². The molecule has 2 aromatic rings. The van der Waals surface area contributed by atoms with E-state index in [4.69, 9.17) is 18.0 Å². The number of anilines is 2. The van der Waals surface area contributed by atoms with Gasteiger partial charge in [0.1, 0.15) is 16.5 Å². The maximum absolute atomic E-state index is 13.6. The molecule has 0 fully saturated rings. The normalized spacial score (nSPS) is 10.3. The monoisotopic (exact) mass is 344 g/mol. The second-order valence-electron chi connectivity index (χ2n) is 3.50. The third-order valence-corrected chi connectivity index (χ3v) is 2.99. The zero-order valence-corrected chi connectivity index (χ0v) is 11.7. The summed E-state index contributed by atoms with van der Waals surface area (Å²) in [5.74, 6) is -1.35. The van der Waals surface area contributed by atoms with Crippen LogP contribution in [0.2, 0.25) is 0 Å². The lowest BCUT2D eigenvalue weighted by atomic mass is 10.3. The van der Waals surface area contributed by atoms with Crippen LogP contribution in [0.15, 0.2) is 28.9 Å². The van der Waals surface area contributed by atoms with Crippen LogP contribution in [-0.4, -0.2) is 15.0 Å². The van der Waals surface area contributed by atoms with Crippen molar-refractivity contribution in [2.75, 3.05) is 5.32 Å². The number of nitrogens with one attached hydrogen (secondary N) is 1. The van der Waals surface area contributed by atoms with E-state index in [1.54, 1.807) is 0 Å². The summed E-state index contributed by atoms with van der Waals surface area (Å²) in [5.41, 5.74) is 5.82. The zero-order valence-electron chi connectivity index (χ0n) is 9.32. The number of halogens is 3. The van der Waals surface area contributed by atoms with Crippen LogP contribution in [0, 0.1) is 11.6 Å². The summed E-state index contributed by atoms with van der Waals surface area (Å²) in [5, 5.41) is 2.64. The summed E-state index contributed by atoms with van der Waals surface area (Å²) in [4.78, 5) is 8.01. The molecule has 0 aliphatic carbocycles. The molecule has 0 unspecified atom stereocenters. The van der Waals surface area contributed by atoms with Crippen LogP contribution in [0.5, 0.6) is 0 Å². The van der Waals surface area contributed by atoms with E-state index < -0.39 is 11.6 Å². The van der Waals surface area contributed by atoms with Crippen molar-refractivity contribution in [1.82, 2.24) is 9.97 Å². The van der Waals surface area contributed by atoms with Gasteiger partial charge in [-0.15, -0.1) is 0 Å². The van der Waals surface area contributed by atoms with Gasteiger partial charge >= 0.3 is 0 Å². The molecule has 1 heterocycles. The highest BCUT2D eigenvalue weighted by molar-refractivity contribution is 9.10. The smallest absolute Gasteiger partial charge is 0.227 e. The molecule has 0 aliphatic heterocycles. The molecular weight excluding hydrogens is 338 g/mol. The molecule has 0 saturated heterocycles. The van der Waals surface area contributed by atoms with E-state index in [2.05, 4.69) is 31.2 Å². The minimum atomic E-state index is -0.767. The molecule has 8 heteroatoms. The van der Waals surface area contributed by atoms with E-state index in [0.717, 1.165) is 12.1 Å².